The summed E-state index contributed by atoms with van der Waals surface area (Å²) in [6.45, 7) is 0. The zero-order valence-corrected chi connectivity index (χ0v) is 19.5. The standard InChI is InChI=1S/C25H18Cl2N2O3S/c26-20-14-21(27)16-23(15-20)29-33(31,32)24-12-10-22(11-13-24)28-25(30)19-8-6-18(7-9-19)17-4-2-1-3-5-17/h1-16,29H,(H,28,30). The van der Waals surface area contributed by atoms with Gasteiger partial charge in [-0.25, -0.2) is 8.42 Å². The van der Waals surface area contributed by atoms with Crippen LogP contribution in [0, 0.1) is 0 Å². The van der Waals surface area contributed by atoms with Crippen molar-refractivity contribution in [2.75, 3.05) is 10.0 Å². The van der Waals surface area contributed by atoms with E-state index in [1.54, 1.807) is 12.1 Å². The summed E-state index contributed by atoms with van der Waals surface area (Å²) in [5.41, 5.74) is 3.29. The van der Waals surface area contributed by atoms with Crippen LogP contribution in [0.4, 0.5) is 11.4 Å². The van der Waals surface area contributed by atoms with Crippen molar-refractivity contribution in [1.82, 2.24) is 0 Å². The number of hydrogen-bond donors (Lipinski definition) is 2. The molecule has 0 saturated heterocycles. The number of benzene rings is 4. The summed E-state index contributed by atoms with van der Waals surface area (Å²) in [5.74, 6) is -0.295. The Hall–Kier alpha value is -3.32. The lowest BCUT2D eigenvalue weighted by molar-refractivity contribution is 0.102. The highest BCUT2D eigenvalue weighted by Crippen LogP contribution is 2.25. The zero-order chi connectivity index (χ0) is 23.4. The molecule has 0 radical (unpaired) electrons. The first-order chi connectivity index (χ1) is 15.8. The Labute approximate surface area is 202 Å². The monoisotopic (exact) mass is 496 g/mol. The molecule has 0 spiro atoms. The van der Waals surface area contributed by atoms with Gasteiger partial charge in [-0.3, -0.25) is 9.52 Å². The van der Waals surface area contributed by atoms with E-state index < -0.39 is 10.0 Å². The predicted molar refractivity (Wildman–Crippen MR) is 134 cm³/mol. The van der Waals surface area contributed by atoms with E-state index in [1.807, 2.05) is 42.5 Å². The van der Waals surface area contributed by atoms with E-state index >= 15 is 0 Å². The van der Waals surface area contributed by atoms with E-state index in [0.29, 0.717) is 21.3 Å². The van der Waals surface area contributed by atoms with Crippen molar-refractivity contribution < 1.29 is 13.2 Å². The van der Waals surface area contributed by atoms with Crippen LogP contribution in [0.3, 0.4) is 0 Å². The molecule has 4 rings (SSSR count). The van der Waals surface area contributed by atoms with Gasteiger partial charge < -0.3 is 5.32 Å². The molecule has 1 amide bonds. The van der Waals surface area contributed by atoms with E-state index in [2.05, 4.69) is 10.0 Å². The van der Waals surface area contributed by atoms with Crippen LogP contribution in [-0.2, 0) is 10.0 Å². The lowest BCUT2D eigenvalue weighted by Gasteiger charge is -2.10. The Morgan fingerprint density at radius 3 is 1.85 bits per heavy atom. The molecule has 4 aromatic carbocycles. The molecule has 0 atom stereocenters. The van der Waals surface area contributed by atoms with Crippen LogP contribution in [0.2, 0.25) is 10.0 Å². The molecule has 4 aromatic rings. The molecule has 166 valence electrons. The number of anilines is 2. The second-order valence-electron chi connectivity index (χ2n) is 7.19. The van der Waals surface area contributed by atoms with Crippen molar-refractivity contribution in [3.63, 3.8) is 0 Å². The zero-order valence-electron chi connectivity index (χ0n) is 17.1. The number of sulfonamides is 1. The highest BCUT2D eigenvalue weighted by atomic mass is 35.5. The number of nitrogens with one attached hydrogen (secondary N) is 2. The number of hydrogen-bond acceptors (Lipinski definition) is 3. The van der Waals surface area contributed by atoms with E-state index in [0.717, 1.165) is 11.1 Å². The maximum Gasteiger partial charge on any atom is 0.261 e. The molecule has 0 saturated carbocycles. The first kappa shape index (κ1) is 22.9. The largest absolute Gasteiger partial charge is 0.322 e. The number of amides is 1. The summed E-state index contributed by atoms with van der Waals surface area (Å²) in [6.07, 6.45) is 0. The van der Waals surface area contributed by atoms with Crippen molar-refractivity contribution in [3.8, 4) is 11.1 Å². The first-order valence-corrected chi connectivity index (χ1v) is 12.1. The normalized spacial score (nSPS) is 11.1. The third-order valence-corrected chi connectivity index (χ3v) is 6.63. The molecule has 2 N–H and O–H groups in total. The Morgan fingerprint density at radius 1 is 0.667 bits per heavy atom. The van der Waals surface area contributed by atoms with Crippen molar-refractivity contribution in [2.24, 2.45) is 0 Å². The van der Waals surface area contributed by atoms with Gasteiger partial charge in [0.1, 0.15) is 0 Å². The summed E-state index contributed by atoms with van der Waals surface area (Å²) in [7, 11) is -3.86. The van der Waals surface area contributed by atoms with Crippen LogP contribution in [0.1, 0.15) is 10.4 Å². The summed E-state index contributed by atoms with van der Waals surface area (Å²) in [4.78, 5) is 12.6. The van der Waals surface area contributed by atoms with Gasteiger partial charge in [0, 0.05) is 21.3 Å². The molecule has 0 aliphatic rings. The molecular formula is C25H18Cl2N2O3S. The average Bonchev–Trinajstić information content (AvgIpc) is 2.79. The lowest BCUT2D eigenvalue weighted by atomic mass is 10.0. The number of carbonyl (C=O) groups excluding carboxylic acids is 1. The molecule has 0 aliphatic heterocycles. The SMILES string of the molecule is O=C(Nc1ccc(S(=O)(=O)Nc2cc(Cl)cc(Cl)c2)cc1)c1ccc(-c2ccccc2)cc1. The lowest BCUT2D eigenvalue weighted by Crippen LogP contribution is -2.14. The van der Waals surface area contributed by atoms with E-state index in [1.165, 1.54) is 42.5 Å². The van der Waals surface area contributed by atoms with Gasteiger partial charge in [0.2, 0.25) is 0 Å². The van der Waals surface area contributed by atoms with Crippen LogP contribution in [0.5, 0.6) is 0 Å². The number of halogens is 2. The van der Waals surface area contributed by atoms with Crippen molar-refractivity contribution in [1.29, 1.82) is 0 Å². The van der Waals surface area contributed by atoms with Crippen LogP contribution < -0.4 is 10.0 Å². The molecule has 0 unspecified atom stereocenters. The molecule has 0 bridgehead atoms. The summed E-state index contributed by atoms with van der Waals surface area (Å²) in [6, 6.07) is 27.4. The van der Waals surface area contributed by atoms with Gasteiger partial charge in [-0.15, -0.1) is 0 Å². The summed E-state index contributed by atoms with van der Waals surface area (Å²) < 4.78 is 27.7. The average molecular weight is 497 g/mol. The Morgan fingerprint density at radius 2 is 1.24 bits per heavy atom. The second kappa shape index (κ2) is 9.67. The van der Waals surface area contributed by atoms with Crippen LogP contribution >= 0.6 is 23.2 Å². The molecule has 5 nitrogen and oxygen atoms in total. The van der Waals surface area contributed by atoms with Crippen molar-refractivity contribution in [3.05, 3.63) is 113 Å². The van der Waals surface area contributed by atoms with Crippen molar-refractivity contribution in [2.45, 2.75) is 4.90 Å². The van der Waals surface area contributed by atoms with Gasteiger partial charge >= 0.3 is 0 Å². The molecule has 0 fully saturated rings. The van der Waals surface area contributed by atoms with E-state index in [9.17, 15) is 13.2 Å². The van der Waals surface area contributed by atoms with Crippen LogP contribution in [0.25, 0.3) is 11.1 Å². The van der Waals surface area contributed by atoms with Gasteiger partial charge in [0.15, 0.2) is 0 Å². The van der Waals surface area contributed by atoms with Gasteiger partial charge in [-0.05, 0) is 65.7 Å². The number of rotatable bonds is 6. The minimum Gasteiger partial charge on any atom is -0.322 e. The fourth-order valence-electron chi connectivity index (χ4n) is 3.19. The second-order valence-corrected chi connectivity index (χ2v) is 9.74. The topological polar surface area (TPSA) is 75.3 Å². The van der Waals surface area contributed by atoms with Crippen molar-refractivity contribution >= 4 is 50.5 Å². The van der Waals surface area contributed by atoms with Gasteiger partial charge in [0.25, 0.3) is 15.9 Å². The maximum absolute atomic E-state index is 12.6. The third kappa shape index (κ3) is 5.73. The molecular weight excluding hydrogens is 479 g/mol. The highest BCUT2D eigenvalue weighted by Gasteiger charge is 2.15. The van der Waals surface area contributed by atoms with E-state index in [4.69, 9.17) is 23.2 Å². The van der Waals surface area contributed by atoms with Crippen LogP contribution in [0.15, 0.2) is 102 Å². The smallest absolute Gasteiger partial charge is 0.261 e. The fourth-order valence-corrected chi connectivity index (χ4v) is 4.76. The minimum absolute atomic E-state index is 0.0313. The van der Waals surface area contributed by atoms with Gasteiger partial charge in [0.05, 0.1) is 10.6 Å². The van der Waals surface area contributed by atoms with Crippen LogP contribution in [-0.4, -0.2) is 14.3 Å². The summed E-state index contributed by atoms with van der Waals surface area (Å²) >= 11 is 11.9. The molecule has 33 heavy (non-hydrogen) atoms. The Bertz CT molecular complexity index is 1370. The highest BCUT2D eigenvalue weighted by molar-refractivity contribution is 7.92. The maximum atomic E-state index is 12.6. The van der Waals surface area contributed by atoms with Gasteiger partial charge in [-0.1, -0.05) is 65.7 Å². The fraction of sp³-hybridized carbons (Fsp3) is 0. The third-order valence-electron chi connectivity index (χ3n) is 4.79. The van der Waals surface area contributed by atoms with E-state index in [-0.39, 0.29) is 16.5 Å². The quantitative estimate of drug-likeness (QED) is 0.311. The molecule has 0 aromatic heterocycles. The number of carbonyl (C=O) groups is 1. The minimum atomic E-state index is -3.86. The molecule has 0 aliphatic carbocycles. The first-order valence-electron chi connectivity index (χ1n) is 9.86. The predicted octanol–water partition coefficient (Wildman–Crippen LogP) is 6.71. The Balaban J connectivity index is 1.44. The van der Waals surface area contributed by atoms with Gasteiger partial charge in [-0.2, -0.15) is 0 Å². The molecule has 8 heteroatoms. The summed E-state index contributed by atoms with van der Waals surface area (Å²) in [5, 5.41) is 3.40. The Kier molecular flexibility index (Phi) is 6.70. The molecule has 0 heterocycles.